The Bertz CT molecular complexity index is 1180. The zero-order chi connectivity index (χ0) is 21.8. The number of amides is 1. The van der Waals surface area contributed by atoms with Crippen molar-refractivity contribution < 1.29 is 13.6 Å². The first-order valence-corrected chi connectivity index (χ1v) is 9.40. The van der Waals surface area contributed by atoms with Crippen molar-refractivity contribution in [3.8, 4) is 5.69 Å². The summed E-state index contributed by atoms with van der Waals surface area (Å²) in [5, 5.41) is 3.98. The fourth-order valence-corrected chi connectivity index (χ4v) is 3.00. The van der Waals surface area contributed by atoms with Crippen LogP contribution in [0, 0.1) is 11.6 Å². The van der Waals surface area contributed by atoms with Gasteiger partial charge >= 0.3 is 5.69 Å². The fraction of sp³-hybridized carbons (Fsp3) is 0.238. The third-order valence-corrected chi connectivity index (χ3v) is 4.67. The molecule has 1 heterocycles. The van der Waals surface area contributed by atoms with Crippen molar-refractivity contribution in [3.63, 3.8) is 0 Å². The topological polar surface area (TPSA) is 77.2 Å². The molecule has 0 atom stereocenters. The van der Waals surface area contributed by atoms with Gasteiger partial charge in [0.2, 0.25) is 5.69 Å². The van der Waals surface area contributed by atoms with Gasteiger partial charge in [-0.25, -0.2) is 13.6 Å². The molecule has 0 radical (unpaired) electrons. The number of benzene rings is 2. The van der Waals surface area contributed by atoms with Crippen molar-refractivity contribution in [2.24, 2.45) is 0 Å². The molecule has 156 valence electrons. The van der Waals surface area contributed by atoms with Gasteiger partial charge in [0.25, 0.3) is 11.5 Å². The van der Waals surface area contributed by atoms with Crippen LogP contribution in [0.2, 0.25) is 0 Å². The SMILES string of the molecule is CCN(CC)C(=O)c1nn(-c2ccc(F)cc2)c(=O)n(Cc2ccccc2F)c1=O. The van der Waals surface area contributed by atoms with Crippen LogP contribution in [-0.4, -0.2) is 38.2 Å². The number of carbonyl (C=O) groups is 1. The summed E-state index contributed by atoms with van der Waals surface area (Å²) in [6.45, 7) is 3.77. The summed E-state index contributed by atoms with van der Waals surface area (Å²) in [7, 11) is 0. The van der Waals surface area contributed by atoms with Crippen LogP contribution in [0.5, 0.6) is 0 Å². The van der Waals surface area contributed by atoms with Gasteiger partial charge in [-0.05, 0) is 44.2 Å². The van der Waals surface area contributed by atoms with E-state index in [0.29, 0.717) is 13.1 Å². The molecule has 0 unspecified atom stereocenters. The summed E-state index contributed by atoms with van der Waals surface area (Å²) in [6, 6.07) is 10.6. The molecule has 1 aromatic heterocycles. The van der Waals surface area contributed by atoms with Crippen molar-refractivity contribution in [1.29, 1.82) is 0 Å². The van der Waals surface area contributed by atoms with E-state index in [0.717, 1.165) is 21.4 Å². The van der Waals surface area contributed by atoms with Gasteiger partial charge in [0.1, 0.15) is 11.6 Å². The summed E-state index contributed by atoms with van der Waals surface area (Å²) in [5.74, 6) is -1.76. The largest absolute Gasteiger partial charge is 0.352 e. The van der Waals surface area contributed by atoms with Crippen LogP contribution >= 0.6 is 0 Å². The van der Waals surface area contributed by atoms with Crippen molar-refractivity contribution in [2.75, 3.05) is 13.1 Å². The van der Waals surface area contributed by atoms with Crippen LogP contribution in [0.3, 0.4) is 0 Å². The van der Waals surface area contributed by atoms with Gasteiger partial charge in [-0.15, -0.1) is 0 Å². The smallest absolute Gasteiger partial charge is 0.338 e. The van der Waals surface area contributed by atoms with Crippen LogP contribution in [0.15, 0.2) is 58.1 Å². The Morgan fingerprint density at radius 1 is 1.00 bits per heavy atom. The number of halogens is 2. The first-order chi connectivity index (χ1) is 14.4. The molecule has 0 saturated heterocycles. The van der Waals surface area contributed by atoms with E-state index in [9.17, 15) is 23.2 Å². The molecule has 9 heteroatoms. The highest BCUT2D eigenvalue weighted by Gasteiger charge is 2.24. The molecule has 0 fully saturated rings. The highest BCUT2D eigenvalue weighted by atomic mass is 19.1. The van der Waals surface area contributed by atoms with Crippen LogP contribution in [0.1, 0.15) is 29.9 Å². The monoisotopic (exact) mass is 414 g/mol. The number of nitrogens with zero attached hydrogens (tertiary/aromatic N) is 4. The lowest BCUT2D eigenvalue weighted by atomic mass is 10.2. The normalized spacial score (nSPS) is 10.8. The summed E-state index contributed by atoms with van der Waals surface area (Å²) >= 11 is 0. The van der Waals surface area contributed by atoms with Gasteiger partial charge < -0.3 is 4.90 Å². The third-order valence-electron chi connectivity index (χ3n) is 4.67. The molecule has 0 aliphatic carbocycles. The molecule has 30 heavy (non-hydrogen) atoms. The maximum atomic E-state index is 14.1. The van der Waals surface area contributed by atoms with E-state index in [1.807, 2.05) is 0 Å². The third kappa shape index (κ3) is 4.05. The highest BCUT2D eigenvalue weighted by Crippen LogP contribution is 2.09. The lowest BCUT2D eigenvalue weighted by molar-refractivity contribution is 0.0761. The summed E-state index contributed by atoms with van der Waals surface area (Å²) < 4.78 is 29.1. The first kappa shape index (κ1) is 21.1. The predicted octanol–water partition coefficient (Wildman–Crippen LogP) is 2.20. The number of aromatic nitrogens is 3. The molecule has 0 N–H and O–H groups in total. The predicted molar refractivity (Wildman–Crippen MR) is 107 cm³/mol. The highest BCUT2D eigenvalue weighted by molar-refractivity contribution is 5.91. The molecular formula is C21H20F2N4O3. The molecule has 1 amide bonds. The standard InChI is InChI=1S/C21H20F2N4O3/c1-3-25(4-2)19(28)18-20(29)26(13-14-7-5-6-8-17(14)23)21(30)27(24-18)16-11-9-15(22)10-12-16/h5-12H,3-4,13H2,1-2H3. The second kappa shape index (κ2) is 8.81. The van der Waals surface area contributed by atoms with Crippen molar-refractivity contribution in [2.45, 2.75) is 20.4 Å². The Labute approximate surface area is 170 Å². The Balaban J connectivity index is 2.25. The molecule has 7 nitrogen and oxygen atoms in total. The Hall–Kier alpha value is -3.62. The first-order valence-electron chi connectivity index (χ1n) is 9.40. The van der Waals surface area contributed by atoms with E-state index in [2.05, 4.69) is 5.10 Å². The average Bonchev–Trinajstić information content (AvgIpc) is 2.74. The van der Waals surface area contributed by atoms with Crippen LogP contribution < -0.4 is 11.2 Å². The second-order valence-corrected chi connectivity index (χ2v) is 6.48. The van der Waals surface area contributed by atoms with E-state index in [1.165, 1.54) is 35.2 Å². The molecule has 0 bridgehead atoms. The van der Waals surface area contributed by atoms with Gasteiger partial charge in [0, 0.05) is 18.7 Å². The Morgan fingerprint density at radius 3 is 2.23 bits per heavy atom. The Morgan fingerprint density at radius 2 is 1.63 bits per heavy atom. The second-order valence-electron chi connectivity index (χ2n) is 6.48. The van der Waals surface area contributed by atoms with E-state index < -0.39 is 34.5 Å². The summed E-state index contributed by atoms with van der Waals surface area (Å²) in [6.07, 6.45) is 0. The maximum Gasteiger partial charge on any atom is 0.352 e. The van der Waals surface area contributed by atoms with Gasteiger partial charge in [-0.3, -0.25) is 14.2 Å². The van der Waals surface area contributed by atoms with Crippen molar-refractivity contribution >= 4 is 5.91 Å². The number of hydrogen-bond acceptors (Lipinski definition) is 4. The molecule has 2 aromatic carbocycles. The number of rotatable bonds is 6. The molecule has 0 aliphatic rings. The quantitative estimate of drug-likeness (QED) is 0.620. The number of hydrogen-bond donors (Lipinski definition) is 0. The minimum absolute atomic E-state index is 0.106. The Kier molecular flexibility index (Phi) is 6.20. The van der Waals surface area contributed by atoms with Gasteiger partial charge in [0.15, 0.2) is 0 Å². The zero-order valence-electron chi connectivity index (χ0n) is 16.5. The maximum absolute atomic E-state index is 14.1. The van der Waals surface area contributed by atoms with E-state index >= 15 is 0 Å². The van der Waals surface area contributed by atoms with Crippen LogP contribution in [0.4, 0.5) is 8.78 Å². The van der Waals surface area contributed by atoms with Gasteiger partial charge in [0.05, 0.1) is 12.2 Å². The summed E-state index contributed by atoms with van der Waals surface area (Å²) in [4.78, 5) is 40.2. The van der Waals surface area contributed by atoms with Gasteiger partial charge in [-0.2, -0.15) is 9.78 Å². The van der Waals surface area contributed by atoms with E-state index in [-0.39, 0.29) is 17.8 Å². The summed E-state index contributed by atoms with van der Waals surface area (Å²) in [5.41, 5.74) is -1.99. The molecule has 0 saturated carbocycles. The van der Waals surface area contributed by atoms with E-state index in [1.54, 1.807) is 19.9 Å². The lowest BCUT2D eigenvalue weighted by Crippen LogP contribution is -2.47. The van der Waals surface area contributed by atoms with Crippen LogP contribution in [0.25, 0.3) is 5.69 Å². The minimum Gasteiger partial charge on any atom is -0.338 e. The fourth-order valence-electron chi connectivity index (χ4n) is 3.00. The van der Waals surface area contributed by atoms with E-state index in [4.69, 9.17) is 0 Å². The van der Waals surface area contributed by atoms with Crippen molar-refractivity contribution in [3.05, 3.63) is 92.3 Å². The number of carbonyl (C=O) groups excluding carboxylic acids is 1. The van der Waals surface area contributed by atoms with Gasteiger partial charge in [-0.1, -0.05) is 18.2 Å². The van der Waals surface area contributed by atoms with Crippen molar-refractivity contribution in [1.82, 2.24) is 19.2 Å². The molecule has 0 aliphatic heterocycles. The minimum atomic E-state index is -0.918. The zero-order valence-corrected chi connectivity index (χ0v) is 16.5. The molecule has 3 rings (SSSR count). The molecule has 0 spiro atoms. The molecular weight excluding hydrogens is 394 g/mol. The van der Waals surface area contributed by atoms with Crippen LogP contribution in [-0.2, 0) is 6.54 Å². The average molecular weight is 414 g/mol. The molecule has 3 aromatic rings. The lowest BCUT2D eigenvalue weighted by Gasteiger charge is -2.19.